The Labute approximate surface area is 194 Å². The Balaban J connectivity index is 1.48. The number of hydrogen-bond acceptors (Lipinski definition) is 6. The van der Waals surface area contributed by atoms with E-state index in [4.69, 9.17) is 18.9 Å². The second-order valence-electron chi connectivity index (χ2n) is 8.04. The lowest BCUT2D eigenvalue weighted by Gasteiger charge is -2.43. The molecular formula is C27H30O6. The molecule has 0 saturated carbocycles. The van der Waals surface area contributed by atoms with Gasteiger partial charge in [-0.25, -0.2) is 0 Å². The third-order valence-corrected chi connectivity index (χ3v) is 5.62. The Hall–Kier alpha value is -2.58. The zero-order valence-corrected chi connectivity index (χ0v) is 18.4. The summed E-state index contributed by atoms with van der Waals surface area (Å²) in [5.74, 6) is 0. The molecule has 4 rings (SSSR count). The number of benzene rings is 3. The van der Waals surface area contributed by atoms with Gasteiger partial charge in [-0.3, -0.25) is 0 Å². The van der Waals surface area contributed by atoms with E-state index in [-0.39, 0.29) is 26.4 Å². The van der Waals surface area contributed by atoms with Gasteiger partial charge >= 0.3 is 0 Å². The molecule has 3 aromatic rings. The molecule has 33 heavy (non-hydrogen) atoms. The van der Waals surface area contributed by atoms with E-state index in [1.165, 1.54) is 0 Å². The molecule has 0 unspecified atom stereocenters. The van der Waals surface area contributed by atoms with Gasteiger partial charge in [0.1, 0.15) is 24.4 Å². The van der Waals surface area contributed by atoms with Gasteiger partial charge in [-0.2, -0.15) is 0 Å². The maximum Gasteiger partial charge on any atom is 0.187 e. The van der Waals surface area contributed by atoms with Gasteiger partial charge in [0.15, 0.2) is 6.29 Å². The first-order valence-corrected chi connectivity index (χ1v) is 11.2. The van der Waals surface area contributed by atoms with Crippen LogP contribution < -0.4 is 0 Å². The van der Waals surface area contributed by atoms with Gasteiger partial charge in [0.2, 0.25) is 0 Å². The average Bonchev–Trinajstić information content (AvgIpc) is 2.88. The first-order valence-electron chi connectivity index (χ1n) is 11.2. The quantitative estimate of drug-likeness (QED) is 0.493. The molecule has 3 aromatic carbocycles. The van der Waals surface area contributed by atoms with Crippen LogP contribution in [0.4, 0.5) is 0 Å². The lowest BCUT2D eigenvalue weighted by molar-refractivity contribution is -0.321. The van der Waals surface area contributed by atoms with Crippen LogP contribution in [0.2, 0.25) is 0 Å². The fourth-order valence-corrected chi connectivity index (χ4v) is 3.85. The third-order valence-electron chi connectivity index (χ3n) is 5.62. The van der Waals surface area contributed by atoms with Crippen molar-refractivity contribution in [2.45, 2.75) is 50.5 Å². The van der Waals surface area contributed by atoms with Crippen molar-refractivity contribution in [1.82, 2.24) is 0 Å². The molecule has 0 aliphatic carbocycles. The molecule has 1 heterocycles. The molecule has 1 saturated heterocycles. The minimum atomic E-state index is -1.05. The molecule has 6 nitrogen and oxygen atoms in total. The van der Waals surface area contributed by atoms with Crippen LogP contribution in [0.25, 0.3) is 0 Å². The summed E-state index contributed by atoms with van der Waals surface area (Å²) >= 11 is 0. The highest BCUT2D eigenvalue weighted by Gasteiger charge is 2.47. The molecule has 1 aliphatic heterocycles. The molecule has 0 bridgehead atoms. The molecule has 6 heteroatoms. The van der Waals surface area contributed by atoms with Gasteiger partial charge < -0.3 is 29.2 Å². The van der Waals surface area contributed by atoms with Gasteiger partial charge in [0.25, 0.3) is 0 Å². The Kier molecular flexibility index (Phi) is 8.60. The van der Waals surface area contributed by atoms with Gasteiger partial charge in [0.05, 0.1) is 26.4 Å². The van der Waals surface area contributed by atoms with Gasteiger partial charge in [-0.1, -0.05) is 91.0 Å². The molecule has 5 atom stereocenters. The smallest absolute Gasteiger partial charge is 0.187 e. The van der Waals surface area contributed by atoms with E-state index in [0.29, 0.717) is 0 Å². The molecule has 0 amide bonds. The largest absolute Gasteiger partial charge is 0.394 e. The summed E-state index contributed by atoms with van der Waals surface area (Å²) in [6, 6.07) is 29.1. The predicted molar refractivity (Wildman–Crippen MR) is 123 cm³/mol. The van der Waals surface area contributed by atoms with Crippen LogP contribution in [0.3, 0.4) is 0 Å². The van der Waals surface area contributed by atoms with Crippen LogP contribution in [0.1, 0.15) is 16.7 Å². The molecule has 0 aromatic heterocycles. The van der Waals surface area contributed by atoms with E-state index >= 15 is 0 Å². The van der Waals surface area contributed by atoms with Crippen LogP contribution >= 0.6 is 0 Å². The van der Waals surface area contributed by atoms with E-state index in [9.17, 15) is 10.2 Å². The lowest BCUT2D eigenvalue weighted by Crippen LogP contribution is -2.60. The fourth-order valence-electron chi connectivity index (χ4n) is 3.85. The van der Waals surface area contributed by atoms with Crippen molar-refractivity contribution in [1.29, 1.82) is 0 Å². The molecule has 1 fully saturated rings. The van der Waals surface area contributed by atoms with E-state index in [2.05, 4.69) is 0 Å². The normalized spacial score (nSPS) is 25.1. The van der Waals surface area contributed by atoms with Crippen LogP contribution in [-0.2, 0) is 38.8 Å². The summed E-state index contributed by atoms with van der Waals surface area (Å²) in [4.78, 5) is 0. The predicted octanol–water partition coefficient (Wildman–Crippen LogP) is 3.45. The number of rotatable bonds is 10. The van der Waals surface area contributed by atoms with Crippen molar-refractivity contribution in [3.05, 3.63) is 108 Å². The van der Waals surface area contributed by atoms with Crippen molar-refractivity contribution in [3.63, 3.8) is 0 Å². The second kappa shape index (κ2) is 12.0. The molecule has 2 N–H and O–H groups in total. The Morgan fingerprint density at radius 1 is 0.606 bits per heavy atom. The molecule has 0 spiro atoms. The number of aliphatic hydroxyl groups excluding tert-OH is 2. The summed E-state index contributed by atoms with van der Waals surface area (Å²) in [6.45, 7) is 0.542. The van der Waals surface area contributed by atoms with Crippen molar-refractivity contribution in [2.24, 2.45) is 0 Å². The minimum Gasteiger partial charge on any atom is -0.394 e. The van der Waals surface area contributed by atoms with Crippen LogP contribution in [0.15, 0.2) is 91.0 Å². The van der Waals surface area contributed by atoms with Gasteiger partial charge in [0, 0.05) is 0 Å². The molecule has 1 aliphatic rings. The monoisotopic (exact) mass is 450 g/mol. The summed E-state index contributed by atoms with van der Waals surface area (Å²) < 4.78 is 24.2. The second-order valence-corrected chi connectivity index (χ2v) is 8.04. The molecular weight excluding hydrogens is 420 g/mol. The average molecular weight is 451 g/mol. The lowest BCUT2D eigenvalue weighted by atomic mass is 9.98. The molecule has 174 valence electrons. The summed E-state index contributed by atoms with van der Waals surface area (Å²) in [5.41, 5.74) is 2.91. The van der Waals surface area contributed by atoms with Crippen LogP contribution in [-0.4, -0.2) is 47.5 Å². The van der Waals surface area contributed by atoms with E-state index in [1.54, 1.807) is 0 Å². The Morgan fingerprint density at radius 3 is 1.48 bits per heavy atom. The van der Waals surface area contributed by atoms with Crippen molar-refractivity contribution < 1.29 is 29.2 Å². The zero-order valence-electron chi connectivity index (χ0n) is 18.4. The standard InChI is InChI=1S/C27H30O6/c28-16-23-25(30-17-20-10-4-1-5-11-20)24(29)26(31-18-21-12-6-2-7-13-21)27(33-23)32-19-22-14-8-3-9-15-22/h1-15,23-29H,16-19H2/t23-,24+,25+,26-,27+/m1/s1. The van der Waals surface area contributed by atoms with E-state index in [1.807, 2.05) is 91.0 Å². The molecule has 0 radical (unpaired) electrons. The third kappa shape index (κ3) is 6.48. The topological polar surface area (TPSA) is 77.4 Å². The van der Waals surface area contributed by atoms with Gasteiger partial charge in [-0.05, 0) is 16.7 Å². The Morgan fingerprint density at radius 2 is 1.03 bits per heavy atom. The first kappa shape index (κ1) is 23.6. The summed E-state index contributed by atoms with van der Waals surface area (Å²) in [5, 5.41) is 21.2. The van der Waals surface area contributed by atoms with Crippen molar-refractivity contribution in [3.8, 4) is 0 Å². The van der Waals surface area contributed by atoms with E-state index in [0.717, 1.165) is 16.7 Å². The van der Waals surface area contributed by atoms with Crippen LogP contribution in [0, 0.1) is 0 Å². The van der Waals surface area contributed by atoms with Crippen LogP contribution in [0.5, 0.6) is 0 Å². The number of aliphatic hydroxyl groups is 2. The first-order chi connectivity index (χ1) is 16.2. The SMILES string of the molecule is OC[C@H]1O[C@H](OCc2ccccc2)[C@H](OCc2ccccc2)[C@@H](O)[C@H]1OCc1ccccc1. The van der Waals surface area contributed by atoms with E-state index < -0.39 is 30.7 Å². The van der Waals surface area contributed by atoms with Crippen molar-refractivity contribution in [2.75, 3.05) is 6.61 Å². The number of ether oxygens (including phenoxy) is 4. The number of hydrogen-bond donors (Lipinski definition) is 2. The highest BCUT2D eigenvalue weighted by atomic mass is 16.7. The minimum absolute atomic E-state index is 0.281. The maximum atomic E-state index is 11.2. The fraction of sp³-hybridized carbons (Fsp3) is 0.333. The van der Waals surface area contributed by atoms with Crippen molar-refractivity contribution >= 4 is 0 Å². The van der Waals surface area contributed by atoms with Gasteiger partial charge in [-0.15, -0.1) is 0 Å². The summed E-state index contributed by atoms with van der Waals surface area (Å²) in [6.07, 6.45) is -4.23. The maximum absolute atomic E-state index is 11.2. The highest BCUT2D eigenvalue weighted by molar-refractivity contribution is 5.15. The Bertz CT molecular complexity index is 937. The zero-order chi connectivity index (χ0) is 22.9. The highest BCUT2D eigenvalue weighted by Crippen LogP contribution is 2.28. The summed E-state index contributed by atoms with van der Waals surface area (Å²) in [7, 11) is 0.